The van der Waals surface area contributed by atoms with Crippen molar-refractivity contribution in [3.8, 4) is 0 Å². The Morgan fingerprint density at radius 3 is 2.55 bits per heavy atom. The first-order chi connectivity index (χ1) is 5.36. The van der Waals surface area contributed by atoms with Crippen LogP contribution in [0.15, 0.2) is 12.7 Å². The van der Waals surface area contributed by atoms with Crippen molar-refractivity contribution in [3.05, 3.63) is 12.7 Å². The number of carbonyl (C=O) groups excluding carboxylic acids is 1. The second kappa shape index (κ2) is 4.29. The molecular formula is C9H15NO. The number of aldehydes is 1. The van der Waals surface area contributed by atoms with Gasteiger partial charge in [-0.1, -0.05) is 6.08 Å². The lowest BCUT2D eigenvalue weighted by Gasteiger charge is -2.28. The Morgan fingerprint density at radius 2 is 2.09 bits per heavy atom. The molecule has 0 atom stereocenters. The zero-order valence-electron chi connectivity index (χ0n) is 6.83. The predicted molar refractivity (Wildman–Crippen MR) is 45.4 cm³/mol. The van der Waals surface area contributed by atoms with Gasteiger partial charge in [0.05, 0.1) is 0 Å². The molecule has 62 valence electrons. The minimum Gasteiger partial charge on any atom is -0.303 e. The average molecular weight is 153 g/mol. The van der Waals surface area contributed by atoms with E-state index in [0.29, 0.717) is 5.92 Å². The van der Waals surface area contributed by atoms with Crippen LogP contribution in [0, 0.1) is 5.92 Å². The SMILES string of the molecule is C=CCN1CCC(C=O)CC1. The van der Waals surface area contributed by atoms with Gasteiger partial charge in [-0.05, 0) is 25.9 Å². The van der Waals surface area contributed by atoms with Crippen LogP contribution in [0.1, 0.15) is 12.8 Å². The molecule has 1 aliphatic rings. The van der Waals surface area contributed by atoms with E-state index < -0.39 is 0 Å². The van der Waals surface area contributed by atoms with Crippen LogP contribution >= 0.6 is 0 Å². The molecular weight excluding hydrogens is 138 g/mol. The minimum absolute atomic E-state index is 0.316. The number of likely N-dealkylation sites (tertiary alicyclic amines) is 1. The van der Waals surface area contributed by atoms with Gasteiger partial charge in [-0.15, -0.1) is 6.58 Å². The van der Waals surface area contributed by atoms with Crippen molar-refractivity contribution < 1.29 is 4.79 Å². The van der Waals surface area contributed by atoms with Crippen LogP contribution in [0.5, 0.6) is 0 Å². The van der Waals surface area contributed by atoms with Gasteiger partial charge in [-0.2, -0.15) is 0 Å². The molecule has 1 fully saturated rings. The van der Waals surface area contributed by atoms with Gasteiger partial charge in [0.2, 0.25) is 0 Å². The molecule has 0 unspecified atom stereocenters. The van der Waals surface area contributed by atoms with E-state index in [0.717, 1.165) is 38.8 Å². The molecule has 1 heterocycles. The van der Waals surface area contributed by atoms with Crippen LogP contribution < -0.4 is 0 Å². The number of piperidine rings is 1. The maximum absolute atomic E-state index is 10.4. The van der Waals surface area contributed by atoms with Gasteiger partial charge < -0.3 is 4.79 Å². The number of hydrogen-bond donors (Lipinski definition) is 0. The molecule has 1 saturated heterocycles. The van der Waals surface area contributed by atoms with Crippen LogP contribution in [0.2, 0.25) is 0 Å². The number of nitrogens with zero attached hydrogens (tertiary/aromatic N) is 1. The van der Waals surface area contributed by atoms with Crippen molar-refractivity contribution in [2.24, 2.45) is 5.92 Å². The molecule has 0 saturated carbocycles. The Hall–Kier alpha value is -0.630. The van der Waals surface area contributed by atoms with E-state index in [-0.39, 0.29) is 0 Å². The minimum atomic E-state index is 0.316. The zero-order chi connectivity index (χ0) is 8.10. The van der Waals surface area contributed by atoms with E-state index in [4.69, 9.17) is 0 Å². The van der Waals surface area contributed by atoms with Gasteiger partial charge in [0.1, 0.15) is 6.29 Å². The van der Waals surface area contributed by atoms with E-state index in [1.807, 2.05) is 6.08 Å². The van der Waals surface area contributed by atoms with Crippen LogP contribution in [-0.2, 0) is 4.79 Å². The maximum Gasteiger partial charge on any atom is 0.123 e. The van der Waals surface area contributed by atoms with Gasteiger partial charge in [0.25, 0.3) is 0 Å². The summed E-state index contributed by atoms with van der Waals surface area (Å²) in [6, 6.07) is 0. The Balaban J connectivity index is 2.23. The normalized spacial score (nSPS) is 21.5. The summed E-state index contributed by atoms with van der Waals surface area (Å²) >= 11 is 0. The Bertz CT molecular complexity index is 136. The second-order valence-electron chi connectivity index (χ2n) is 3.06. The number of rotatable bonds is 3. The maximum atomic E-state index is 10.4. The summed E-state index contributed by atoms with van der Waals surface area (Å²) in [5, 5.41) is 0. The van der Waals surface area contributed by atoms with E-state index in [9.17, 15) is 4.79 Å². The number of hydrogen-bond acceptors (Lipinski definition) is 2. The molecule has 1 rings (SSSR count). The molecule has 0 aromatic carbocycles. The van der Waals surface area contributed by atoms with Gasteiger partial charge >= 0.3 is 0 Å². The third-order valence-electron chi connectivity index (χ3n) is 2.21. The Kier molecular flexibility index (Phi) is 3.30. The van der Waals surface area contributed by atoms with Crippen molar-refractivity contribution in [2.45, 2.75) is 12.8 Å². The van der Waals surface area contributed by atoms with E-state index >= 15 is 0 Å². The fraction of sp³-hybridized carbons (Fsp3) is 0.667. The summed E-state index contributed by atoms with van der Waals surface area (Å²) in [5.74, 6) is 0.316. The highest BCUT2D eigenvalue weighted by Gasteiger charge is 2.16. The van der Waals surface area contributed by atoms with Crippen LogP contribution in [-0.4, -0.2) is 30.8 Å². The summed E-state index contributed by atoms with van der Waals surface area (Å²) < 4.78 is 0. The summed E-state index contributed by atoms with van der Waals surface area (Å²) in [6.45, 7) is 6.75. The average Bonchev–Trinajstić information content (AvgIpc) is 2.07. The van der Waals surface area contributed by atoms with Crippen LogP contribution in [0.25, 0.3) is 0 Å². The molecule has 0 radical (unpaired) electrons. The summed E-state index contributed by atoms with van der Waals surface area (Å²) in [4.78, 5) is 12.7. The molecule has 0 amide bonds. The van der Waals surface area contributed by atoms with Crippen LogP contribution in [0.3, 0.4) is 0 Å². The van der Waals surface area contributed by atoms with Gasteiger partial charge in [0, 0.05) is 12.5 Å². The lowest BCUT2D eigenvalue weighted by atomic mass is 9.99. The first-order valence-corrected chi connectivity index (χ1v) is 4.15. The highest BCUT2D eigenvalue weighted by atomic mass is 16.1. The van der Waals surface area contributed by atoms with E-state index in [1.165, 1.54) is 0 Å². The fourth-order valence-electron chi connectivity index (χ4n) is 1.45. The summed E-state index contributed by atoms with van der Waals surface area (Å²) in [5.41, 5.74) is 0. The molecule has 0 aromatic heterocycles. The monoisotopic (exact) mass is 153 g/mol. The number of carbonyl (C=O) groups is 1. The quantitative estimate of drug-likeness (QED) is 0.447. The molecule has 1 aliphatic heterocycles. The van der Waals surface area contributed by atoms with Crippen LogP contribution in [0.4, 0.5) is 0 Å². The molecule has 11 heavy (non-hydrogen) atoms. The fourth-order valence-corrected chi connectivity index (χ4v) is 1.45. The Morgan fingerprint density at radius 1 is 1.45 bits per heavy atom. The van der Waals surface area contributed by atoms with Crippen molar-refractivity contribution in [2.75, 3.05) is 19.6 Å². The molecule has 2 heteroatoms. The highest BCUT2D eigenvalue weighted by Crippen LogP contribution is 2.13. The molecule has 0 bridgehead atoms. The summed E-state index contributed by atoms with van der Waals surface area (Å²) in [6.07, 6.45) is 5.06. The molecule has 2 nitrogen and oxygen atoms in total. The molecule has 0 aliphatic carbocycles. The van der Waals surface area contributed by atoms with Gasteiger partial charge in [0.15, 0.2) is 0 Å². The van der Waals surface area contributed by atoms with Gasteiger partial charge in [-0.3, -0.25) is 4.90 Å². The van der Waals surface area contributed by atoms with Crippen molar-refractivity contribution in [3.63, 3.8) is 0 Å². The molecule has 0 N–H and O–H groups in total. The van der Waals surface area contributed by atoms with Crippen molar-refractivity contribution >= 4 is 6.29 Å². The van der Waals surface area contributed by atoms with Gasteiger partial charge in [-0.25, -0.2) is 0 Å². The third kappa shape index (κ3) is 2.46. The molecule has 0 aromatic rings. The zero-order valence-corrected chi connectivity index (χ0v) is 6.83. The predicted octanol–water partition coefficient (Wildman–Crippen LogP) is 1.08. The Labute approximate surface area is 67.9 Å². The standard InChI is InChI=1S/C9H15NO/c1-2-5-10-6-3-9(8-11)4-7-10/h2,8-9H,1,3-7H2. The highest BCUT2D eigenvalue weighted by molar-refractivity contribution is 5.53. The van der Waals surface area contributed by atoms with Crippen molar-refractivity contribution in [1.82, 2.24) is 4.90 Å². The smallest absolute Gasteiger partial charge is 0.123 e. The lowest BCUT2D eigenvalue weighted by Crippen LogP contribution is -2.34. The van der Waals surface area contributed by atoms with Crippen molar-refractivity contribution in [1.29, 1.82) is 0 Å². The van der Waals surface area contributed by atoms with E-state index in [1.54, 1.807) is 0 Å². The summed E-state index contributed by atoms with van der Waals surface area (Å²) in [7, 11) is 0. The molecule has 0 spiro atoms. The third-order valence-corrected chi connectivity index (χ3v) is 2.21. The second-order valence-corrected chi connectivity index (χ2v) is 3.06. The first-order valence-electron chi connectivity index (χ1n) is 4.15. The first kappa shape index (κ1) is 8.47. The van der Waals surface area contributed by atoms with E-state index in [2.05, 4.69) is 11.5 Å². The largest absolute Gasteiger partial charge is 0.303 e. The topological polar surface area (TPSA) is 20.3 Å². The lowest BCUT2D eigenvalue weighted by molar-refractivity contribution is -0.112.